The van der Waals surface area contributed by atoms with Crippen LogP contribution in [0.3, 0.4) is 0 Å². The zero-order valence-corrected chi connectivity index (χ0v) is 18.3. The van der Waals surface area contributed by atoms with Crippen LogP contribution in [-0.2, 0) is 6.54 Å². The van der Waals surface area contributed by atoms with E-state index in [2.05, 4.69) is 88.6 Å². The summed E-state index contributed by atoms with van der Waals surface area (Å²) in [6.45, 7) is 11.4. The van der Waals surface area contributed by atoms with Crippen LogP contribution in [0.5, 0.6) is 0 Å². The van der Waals surface area contributed by atoms with E-state index < -0.39 is 0 Å². The summed E-state index contributed by atoms with van der Waals surface area (Å²) in [5.41, 5.74) is 5.27. The SMILES string of the molecule is CCC[C@H](c1nnnn1Cc1ccccc1)N1CCN(c2cc(C)ccc2C)CC1. The van der Waals surface area contributed by atoms with E-state index in [1.165, 1.54) is 22.4 Å². The first kappa shape index (κ1) is 20.5. The maximum absolute atomic E-state index is 4.46. The third-order valence-electron chi connectivity index (χ3n) is 6.06. The first-order valence-corrected chi connectivity index (χ1v) is 11.0. The molecule has 6 heteroatoms. The lowest BCUT2D eigenvalue weighted by atomic mass is 10.1. The molecule has 1 saturated heterocycles. The molecule has 0 aliphatic carbocycles. The summed E-state index contributed by atoms with van der Waals surface area (Å²) in [6, 6.07) is 17.4. The number of benzene rings is 2. The Morgan fingerprint density at radius 2 is 1.73 bits per heavy atom. The Kier molecular flexibility index (Phi) is 6.43. The molecular weight excluding hydrogens is 372 g/mol. The van der Waals surface area contributed by atoms with Crippen molar-refractivity contribution in [2.75, 3.05) is 31.1 Å². The standard InChI is InChI=1S/C24H32N6/c1-4-8-22(24-25-26-27-30(24)18-21-9-6-5-7-10-21)28-13-15-29(16-14-28)23-17-19(2)11-12-20(23)3/h5-7,9-12,17,22H,4,8,13-16,18H2,1-3H3/t22-/m1/s1. The second kappa shape index (κ2) is 9.39. The van der Waals surface area contributed by atoms with Crippen molar-refractivity contribution in [1.82, 2.24) is 25.1 Å². The van der Waals surface area contributed by atoms with Gasteiger partial charge in [0.25, 0.3) is 0 Å². The Balaban J connectivity index is 1.49. The van der Waals surface area contributed by atoms with Gasteiger partial charge in [-0.25, -0.2) is 4.68 Å². The summed E-state index contributed by atoms with van der Waals surface area (Å²) in [6.07, 6.45) is 2.18. The van der Waals surface area contributed by atoms with Gasteiger partial charge in [0.05, 0.1) is 12.6 Å². The third kappa shape index (κ3) is 4.54. The predicted octanol–water partition coefficient (Wildman–Crippen LogP) is 4.00. The van der Waals surface area contributed by atoms with E-state index in [9.17, 15) is 0 Å². The number of tetrazole rings is 1. The lowest BCUT2D eigenvalue weighted by molar-refractivity contribution is 0.164. The summed E-state index contributed by atoms with van der Waals surface area (Å²) in [7, 11) is 0. The Morgan fingerprint density at radius 3 is 2.47 bits per heavy atom. The first-order valence-electron chi connectivity index (χ1n) is 11.0. The highest BCUT2D eigenvalue weighted by molar-refractivity contribution is 5.55. The molecule has 1 aromatic heterocycles. The van der Waals surface area contributed by atoms with Crippen LogP contribution in [0.25, 0.3) is 0 Å². The fourth-order valence-corrected chi connectivity index (χ4v) is 4.40. The lowest BCUT2D eigenvalue weighted by Gasteiger charge is -2.40. The van der Waals surface area contributed by atoms with Crippen LogP contribution >= 0.6 is 0 Å². The van der Waals surface area contributed by atoms with Gasteiger partial charge in [0.15, 0.2) is 5.82 Å². The zero-order valence-electron chi connectivity index (χ0n) is 18.3. The summed E-state index contributed by atoms with van der Waals surface area (Å²) < 4.78 is 1.98. The Labute approximate surface area is 179 Å². The second-order valence-corrected chi connectivity index (χ2v) is 8.30. The highest BCUT2D eigenvalue weighted by atomic mass is 15.6. The fourth-order valence-electron chi connectivity index (χ4n) is 4.40. The molecule has 1 atom stereocenters. The third-order valence-corrected chi connectivity index (χ3v) is 6.06. The van der Waals surface area contributed by atoms with Gasteiger partial charge in [-0.3, -0.25) is 4.90 Å². The molecule has 0 radical (unpaired) electrons. The van der Waals surface area contributed by atoms with Crippen LogP contribution in [0.2, 0.25) is 0 Å². The number of anilines is 1. The number of aryl methyl sites for hydroxylation is 2. The molecule has 0 unspecified atom stereocenters. The minimum Gasteiger partial charge on any atom is -0.369 e. The van der Waals surface area contributed by atoms with E-state index in [0.29, 0.717) is 6.54 Å². The Morgan fingerprint density at radius 1 is 0.967 bits per heavy atom. The van der Waals surface area contributed by atoms with Gasteiger partial charge in [-0.1, -0.05) is 55.8 Å². The van der Waals surface area contributed by atoms with Crippen molar-refractivity contribution in [2.45, 2.75) is 46.2 Å². The number of hydrogen-bond acceptors (Lipinski definition) is 5. The molecule has 1 aliphatic rings. The van der Waals surface area contributed by atoms with Crippen molar-refractivity contribution in [3.8, 4) is 0 Å². The molecule has 2 aromatic carbocycles. The van der Waals surface area contributed by atoms with Crippen molar-refractivity contribution < 1.29 is 0 Å². The maximum Gasteiger partial charge on any atom is 0.168 e. The van der Waals surface area contributed by atoms with Gasteiger partial charge in [-0.05, 0) is 53.5 Å². The second-order valence-electron chi connectivity index (χ2n) is 8.30. The van der Waals surface area contributed by atoms with E-state index in [-0.39, 0.29) is 6.04 Å². The summed E-state index contributed by atoms with van der Waals surface area (Å²) in [5, 5.41) is 12.8. The topological polar surface area (TPSA) is 50.1 Å². The molecule has 30 heavy (non-hydrogen) atoms. The van der Waals surface area contributed by atoms with E-state index in [1.807, 2.05) is 10.7 Å². The molecule has 0 N–H and O–H groups in total. The van der Waals surface area contributed by atoms with Crippen LogP contribution in [-0.4, -0.2) is 51.3 Å². The minimum atomic E-state index is 0.259. The van der Waals surface area contributed by atoms with Crippen LogP contribution in [0.4, 0.5) is 5.69 Å². The average Bonchev–Trinajstić information content (AvgIpc) is 3.22. The molecule has 0 spiro atoms. The smallest absolute Gasteiger partial charge is 0.168 e. The summed E-state index contributed by atoms with van der Waals surface area (Å²) in [4.78, 5) is 5.09. The van der Waals surface area contributed by atoms with Crippen LogP contribution in [0.15, 0.2) is 48.5 Å². The van der Waals surface area contributed by atoms with Crippen molar-refractivity contribution in [1.29, 1.82) is 0 Å². The number of hydrogen-bond donors (Lipinski definition) is 0. The van der Waals surface area contributed by atoms with Crippen molar-refractivity contribution >= 4 is 5.69 Å². The van der Waals surface area contributed by atoms with E-state index in [0.717, 1.165) is 44.8 Å². The molecule has 1 fully saturated rings. The van der Waals surface area contributed by atoms with Gasteiger partial charge < -0.3 is 4.90 Å². The lowest BCUT2D eigenvalue weighted by Crippen LogP contribution is -2.48. The maximum atomic E-state index is 4.46. The van der Waals surface area contributed by atoms with Gasteiger partial charge in [-0.15, -0.1) is 5.10 Å². The molecule has 0 bridgehead atoms. The van der Waals surface area contributed by atoms with E-state index >= 15 is 0 Å². The van der Waals surface area contributed by atoms with Crippen LogP contribution in [0.1, 0.15) is 48.3 Å². The summed E-state index contributed by atoms with van der Waals surface area (Å²) in [5.74, 6) is 0.987. The molecule has 6 nitrogen and oxygen atoms in total. The molecule has 0 saturated carbocycles. The molecule has 0 amide bonds. The monoisotopic (exact) mass is 404 g/mol. The fraction of sp³-hybridized carbons (Fsp3) is 0.458. The number of piperazine rings is 1. The molecule has 3 aromatic rings. The summed E-state index contributed by atoms with van der Waals surface area (Å²) >= 11 is 0. The van der Waals surface area contributed by atoms with Gasteiger partial charge in [-0.2, -0.15) is 0 Å². The average molecular weight is 405 g/mol. The predicted molar refractivity (Wildman–Crippen MR) is 121 cm³/mol. The number of aromatic nitrogens is 4. The zero-order chi connectivity index (χ0) is 20.9. The largest absolute Gasteiger partial charge is 0.369 e. The first-order chi connectivity index (χ1) is 14.7. The van der Waals surface area contributed by atoms with E-state index in [1.54, 1.807) is 0 Å². The van der Waals surface area contributed by atoms with Crippen molar-refractivity contribution in [2.24, 2.45) is 0 Å². The van der Waals surface area contributed by atoms with Crippen molar-refractivity contribution in [3.05, 3.63) is 71.0 Å². The van der Waals surface area contributed by atoms with Gasteiger partial charge >= 0.3 is 0 Å². The quantitative estimate of drug-likeness (QED) is 0.596. The van der Waals surface area contributed by atoms with E-state index in [4.69, 9.17) is 0 Å². The highest BCUT2D eigenvalue weighted by Crippen LogP contribution is 2.28. The Hall–Kier alpha value is -2.73. The normalized spacial score (nSPS) is 16.0. The molecule has 4 rings (SSSR count). The molecule has 2 heterocycles. The van der Waals surface area contributed by atoms with Gasteiger partial charge in [0.2, 0.25) is 0 Å². The van der Waals surface area contributed by atoms with Crippen molar-refractivity contribution in [3.63, 3.8) is 0 Å². The Bertz CT molecular complexity index is 943. The molecular formula is C24H32N6. The van der Waals surface area contributed by atoms with Gasteiger partial charge in [0, 0.05) is 31.9 Å². The van der Waals surface area contributed by atoms with Crippen LogP contribution < -0.4 is 4.90 Å². The molecule has 158 valence electrons. The van der Waals surface area contributed by atoms with Crippen LogP contribution in [0, 0.1) is 13.8 Å². The number of nitrogens with zero attached hydrogens (tertiary/aromatic N) is 6. The minimum absolute atomic E-state index is 0.259. The highest BCUT2D eigenvalue weighted by Gasteiger charge is 2.29. The van der Waals surface area contributed by atoms with Gasteiger partial charge in [0.1, 0.15) is 0 Å². The number of rotatable bonds is 7. The molecule has 1 aliphatic heterocycles.